The Bertz CT molecular complexity index is 222. The summed E-state index contributed by atoms with van der Waals surface area (Å²) in [5, 5.41) is 11.4. The lowest BCUT2D eigenvalue weighted by molar-refractivity contribution is 0.205. The topological polar surface area (TPSA) is 56.1 Å². The van der Waals surface area contributed by atoms with Gasteiger partial charge in [0, 0.05) is 14.1 Å². The normalized spacial score (nSPS) is 12.9. The van der Waals surface area contributed by atoms with Gasteiger partial charge in [-0.1, -0.05) is 20.8 Å². The molecule has 0 heterocycles. The molecule has 0 aromatic heterocycles. The molecule has 0 spiro atoms. The van der Waals surface area contributed by atoms with E-state index in [2.05, 4.69) is 11.4 Å². The van der Waals surface area contributed by atoms with E-state index in [0.717, 1.165) is 0 Å². The summed E-state index contributed by atoms with van der Waals surface area (Å²) in [4.78, 5) is 12.6. The molecule has 0 aliphatic rings. The summed E-state index contributed by atoms with van der Waals surface area (Å²) in [6.07, 6.45) is 0. The zero-order valence-electron chi connectivity index (χ0n) is 8.88. The third-order valence-electron chi connectivity index (χ3n) is 1.67. The van der Waals surface area contributed by atoms with Crippen LogP contribution in [0.5, 0.6) is 0 Å². The molecule has 0 bridgehead atoms. The number of carbonyl (C=O) groups is 1. The molecule has 4 heteroatoms. The standard InChI is InChI=1S/C9H17N3O/c1-9(2,3)7(6-10)11-8(13)12(4)5/h7H,1-5H3,(H,11,13). The molecule has 13 heavy (non-hydrogen) atoms. The van der Waals surface area contributed by atoms with E-state index in [-0.39, 0.29) is 11.4 Å². The lowest BCUT2D eigenvalue weighted by Crippen LogP contribution is -2.46. The number of hydrogen-bond acceptors (Lipinski definition) is 2. The van der Waals surface area contributed by atoms with Gasteiger partial charge in [0.05, 0.1) is 6.07 Å². The van der Waals surface area contributed by atoms with Gasteiger partial charge >= 0.3 is 6.03 Å². The second-order valence-corrected chi connectivity index (χ2v) is 4.27. The van der Waals surface area contributed by atoms with E-state index in [0.29, 0.717) is 0 Å². The van der Waals surface area contributed by atoms with Gasteiger partial charge in [-0.3, -0.25) is 0 Å². The van der Waals surface area contributed by atoms with Crippen LogP contribution in [0.4, 0.5) is 4.79 Å². The molecule has 1 unspecified atom stereocenters. The lowest BCUT2D eigenvalue weighted by Gasteiger charge is -2.26. The van der Waals surface area contributed by atoms with Gasteiger partial charge in [0.15, 0.2) is 0 Å². The summed E-state index contributed by atoms with van der Waals surface area (Å²) < 4.78 is 0. The quantitative estimate of drug-likeness (QED) is 0.664. The first-order valence-corrected chi connectivity index (χ1v) is 4.16. The predicted molar refractivity (Wildman–Crippen MR) is 51.1 cm³/mol. The van der Waals surface area contributed by atoms with Gasteiger partial charge in [-0.25, -0.2) is 4.79 Å². The highest BCUT2D eigenvalue weighted by molar-refractivity contribution is 5.74. The highest BCUT2D eigenvalue weighted by atomic mass is 16.2. The van der Waals surface area contributed by atoms with Crippen molar-refractivity contribution in [2.45, 2.75) is 26.8 Å². The SMILES string of the molecule is CN(C)C(=O)NC(C#N)C(C)(C)C. The summed E-state index contributed by atoms with van der Waals surface area (Å²) >= 11 is 0. The Labute approximate surface area is 79.5 Å². The number of nitrogens with one attached hydrogen (secondary N) is 1. The molecule has 0 fully saturated rings. The second-order valence-electron chi connectivity index (χ2n) is 4.27. The Kier molecular flexibility index (Phi) is 3.73. The number of nitrogens with zero attached hydrogens (tertiary/aromatic N) is 2. The van der Waals surface area contributed by atoms with Crippen molar-refractivity contribution in [1.29, 1.82) is 5.26 Å². The molecular weight excluding hydrogens is 166 g/mol. The molecule has 0 radical (unpaired) electrons. The molecule has 0 saturated carbocycles. The molecule has 2 amide bonds. The van der Waals surface area contributed by atoms with E-state index >= 15 is 0 Å². The number of nitriles is 1. The number of amides is 2. The molecule has 0 aliphatic heterocycles. The zero-order chi connectivity index (χ0) is 10.6. The van der Waals surface area contributed by atoms with Crippen LogP contribution in [0.1, 0.15) is 20.8 Å². The van der Waals surface area contributed by atoms with Gasteiger partial charge in [-0.2, -0.15) is 5.26 Å². The molecule has 1 atom stereocenters. The van der Waals surface area contributed by atoms with Gasteiger partial charge in [-0.05, 0) is 5.41 Å². The van der Waals surface area contributed by atoms with Gasteiger partial charge in [-0.15, -0.1) is 0 Å². The third kappa shape index (κ3) is 3.79. The van der Waals surface area contributed by atoms with Crippen molar-refractivity contribution in [3.8, 4) is 6.07 Å². The van der Waals surface area contributed by atoms with E-state index in [1.165, 1.54) is 4.90 Å². The molecule has 1 N–H and O–H groups in total. The summed E-state index contributed by atoms with van der Waals surface area (Å²) in [6.45, 7) is 5.74. The molecule has 0 aromatic rings. The molecule has 0 aliphatic carbocycles. The van der Waals surface area contributed by atoms with Crippen molar-refractivity contribution in [2.24, 2.45) is 5.41 Å². The first kappa shape index (κ1) is 11.8. The van der Waals surface area contributed by atoms with Crippen molar-refractivity contribution in [2.75, 3.05) is 14.1 Å². The van der Waals surface area contributed by atoms with Crippen molar-refractivity contribution >= 4 is 6.03 Å². The van der Waals surface area contributed by atoms with Crippen molar-refractivity contribution in [3.05, 3.63) is 0 Å². The third-order valence-corrected chi connectivity index (χ3v) is 1.67. The highest BCUT2D eigenvalue weighted by Crippen LogP contribution is 2.18. The van der Waals surface area contributed by atoms with Crippen LogP contribution in [0.2, 0.25) is 0 Å². The van der Waals surface area contributed by atoms with Crippen LogP contribution in [0.3, 0.4) is 0 Å². The molecule has 0 aromatic carbocycles. The first-order valence-electron chi connectivity index (χ1n) is 4.16. The van der Waals surface area contributed by atoms with Gasteiger partial charge in [0.1, 0.15) is 6.04 Å². The Hall–Kier alpha value is -1.24. The van der Waals surface area contributed by atoms with Crippen molar-refractivity contribution in [1.82, 2.24) is 10.2 Å². The minimum atomic E-state index is -0.456. The van der Waals surface area contributed by atoms with Gasteiger partial charge in [0.2, 0.25) is 0 Å². The van der Waals surface area contributed by atoms with Crippen LogP contribution in [-0.4, -0.2) is 31.1 Å². The first-order chi connectivity index (χ1) is 5.79. The largest absolute Gasteiger partial charge is 0.331 e. The zero-order valence-corrected chi connectivity index (χ0v) is 8.88. The van der Waals surface area contributed by atoms with Crippen molar-refractivity contribution < 1.29 is 4.79 Å². The number of hydrogen-bond donors (Lipinski definition) is 1. The second kappa shape index (κ2) is 4.13. The highest BCUT2D eigenvalue weighted by Gasteiger charge is 2.26. The van der Waals surface area contributed by atoms with E-state index in [4.69, 9.17) is 5.26 Å². The fraction of sp³-hybridized carbons (Fsp3) is 0.778. The summed E-state index contributed by atoms with van der Waals surface area (Å²) in [6, 6.07) is 1.38. The van der Waals surface area contributed by atoms with Crippen molar-refractivity contribution in [3.63, 3.8) is 0 Å². The Balaban J connectivity index is 4.34. The average molecular weight is 183 g/mol. The molecular formula is C9H17N3O. The number of carbonyl (C=O) groups excluding carboxylic acids is 1. The maximum Gasteiger partial charge on any atom is 0.317 e. The number of urea groups is 1. The molecule has 4 nitrogen and oxygen atoms in total. The minimum absolute atomic E-state index is 0.235. The van der Waals surface area contributed by atoms with Crippen LogP contribution in [0.15, 0.2) is 0 Å². The van der Waals surface area contributed by atoms with Crippen LogP contribution in [-0.2, 0) is 0 Å². The van der Waals surface area contributed by atoms with Gasteiger partial charge < -0.3 is 10.2 Å². The van der Waals surface area contributed by atoms with Gasteiger partial charge in [0.25, 0.3) is 0 Å². The van der Waals surface area contributed by atoms with E-state index in [1.807, 2.05) is 20.8 Å². The summed E-state index contributed by atoms with van der Waals surface area (Å²) in [7, 11) is 3.29. The van der Waals surface area contributed by atoms with Crippen LogP contribution >= 0.6 is 0 Å². The van der Waals surface area contributed by atoms with E-state index in [9.17, 15) is 4.79 Å². The Morgan fingerprint density at radius 3 is 2.15 bits per heavy atom. The van der Waals surface area contributed by atoms with Crippen LogP contribution < -0.4 is 5.32 Å². The molecule has 0 rings (SSSR count). The van der Waals surface area contributed by atoms with E-state index < -0.39 is 6.04 Å². The maximum absolute atomic E-state index is 11.2. The maximum atomic E-state index is 11.2. The monoisotopic (exact) mass is 183 g/mol. The van der Waals surface area contributed by atoms with Crippen LogP contribution in [0.25, 0.3) is 0 Å². The average Bonchev–Trinajstić information content (AvgIpc) is 1.96. The predicted octanol–water partition coefficient (Wildman–Crippen LogP) is 1.20. The summed E-state index contributed by atoms with van der Waals surface area (Å²) in [5.74, 6) is 0. The Morgan fingerprint density at radius 2 is 1.92 bits per heavy atom. The van der Waals surface area contributed by atoms with Crippen LogP contribution in [0, 0.1) is 16.7 Å². The number of rotatable bonds is 1. The smallest absolute Gasteiger partial charge is 0.317 e. The fourth-order valence-corrected chi connectivity index (χ4v) is 0.695. The van der Waals surface area contributed by atoms with E-state index in [1.54, 1.807) is 14.1 Å². The Morgan fingerprint density at radius 1 is 1.46 bits per heavy atom. The lowest BCUT2D eigenvalue weighted by atomic mass is 9.88. The molecule has 0 saturated heterocycles. The fourth-order valence-electron chi connectivity index (χ4n) is 0.695. The summed E-state index contributed by atoms with van der Waals surface area (Å²) in [5.41, 5.74) is -0.236. The molecule has 74 valence electrons. The minimum Gasteiger partial charge on any atom is -0.331 e.